The number of carbonyl (C=O) groups excluding carboxylic acids is 1. The summed E-state index contributed by atoms with van der Waals surface area (Å²) in [5, 5.41) is 3.22. The average Bonchev–Trinajstić information content (AvgIpc) is 2.45. The fourth-order valence-electron chi connectivity index (χ4n) is 1.90. The van der Waals surface area contributed by atoms with Crippen LogP contribution in [-0.2, 0) is 4.79 Å². The van der Waals surface area contributed by atoms with Gasteiger partial charge in [-0.15, -0.1) is 0 Å². The minimum Gasteiger partial charge on any atom is -0.342 e. The standard InChI is InChI=1S/C16H24N2O/c1-4-18(5-2)16(19)14(3)17-13-9-12-15-10-7-6-8-11-15/h6-12,14,17H,4-5,13H2,1-3H3/b12-9+. The zero-order valence-electron chi connectivity index (χ0n) is 12.1. The van der Waals surface area contributed by atoms with Crippen molar-refractivity contribution in [3.05, 3.63) is 42.0 Å². The molecule has 1 aromatic rings. The molecule has 0 aliphatic rings. The number of hydrogen-bond acceptors (Lipinski definition) is 2. The summed E-state index contributed by atoms with van der Waals surface area (Å²) in [7, 11) is 0. The van der Waals surface area contributed by atoms with Crippen molar-refractivity contribution in [2.75, 3.05) is 19.6 Å². The van der Waals surface area contributed by atoms with Gasteiger partial charge in [-0.2, -0.15) is 0 Å². The summed E-state index contributed by atoms with van der Waals surface area (Å²) in [6.07, 6.45) is 4.10. The first-order valence-corrected chi connectivity index (χ1v) is 6.92. The van der Waals surface area contributed by atoms with Crippen LogP contribution in [0.1, 0.15) is 26.3 Å². The molecule has 1 unspecified atom stereocenters. The Kier molecular flexibility index (Phi) is 6.90. The zero-order valence-corrected chi connectivity index (χ0v) is 12.1. The van der Waals surface area contributed by atoms with Gasteiger partial charge in [-0.25, -0.2) is 0 Å². The molecule has 0 saturated heterocycles. The second kappa shape index (κ2) is 8.48. The topological polar surface area (TPSA) is 32.3 Å². The average molecular weight is 260 g/mol. The summed E-state index contributed by atoms with van der Waals surface area (Å²) < 4.78 is 0. The Morgan fingerprint density at radius 1 is 1.26 bits per heavy atom. The first-order chi connectivity index (χ1) is 9.19. The Balaban J connectivity index is 2.36. The summed E-state index contributed by atoms with van der Waals surface area (Å²) in [5.41, 5.74) is 1.17. The lowest BCUT2D eigenvalue weighted by atomic mass is 10.2. The second-order valence-corrected chi connectivity index (χ2v) is 4.45. The number of amides is 1. The second-order valence-electron chi connectivity index (χ2n) is 4.45. The maximum absolute atomic E-state index is 12.0. The van der Waals surface area contributed by atoms with Crippen LogP contribution < -0.4 is 5.32 Å². The van der Waals surface area contributed by atoms with Gasteiger partial charge in [0.25, 0.3) is 0 Å². The molecule has 0 aliphatic heterocycles. The first kappa shape index (κ1) is 15.4. The van der Waals surface area contributed by atoms with Gasteiger partial charge in [0.15, 0.2) is 0 Å². The van der Waals surface area contributed by atoms with E-state index in [1.807, 2.05) is 49.9 Å². The van der Waals surface area contributed by atoms with Crippen molar-refractivity contribution >= 4 is 12.0 Å². The van der Waals surface area contributed by atoms with E-state index in [9.17, 15) is 4.79 Å². The Morgan fingerprint density at radius 3 is 2.47 bits per heavy atom. The van der Waals surface area contributed by atoms with Gasteiger partial charge in [-0.1, -0.05) is 42.5 Å². The molecule has 3 nitrogen and oxygen atoms in total. The van der Waals surface area contributed by atoms with Crippen molar-refractivity contribution in [3.63, 3.8) is 0 Å². The van der Waals surface area contributed by atoms with Crippen LogP contribution in [0.3, 0.4) is 0 Å². The normalized spacial score (nSPS) is 12.6. The molecule has 0 fully saturated rings. The highest BCUT2D eigenvalue weighted by Gasteiger charge is 2.16. The van der Waals surface area contributed by atoms with Crippen LogP contribution in [0.25, 0.3) is 6.08 Å². The lowest BCUT2D eigenvalue weighted by Crippen LogP contribution is -2.44. The Morgan fingerprint density at radius 2 is 1.89 bits per heavy atom. The molecule has 0 aliphatic carbocycles. The van der Waals surface area contributed by atoms with Gasteiger partial charge in [0.2, 0.25) is 5.91 Å². The number of carbonyl (C=O) groups is 1. The molecule has 1 atom stereocenters. The summed E-state index contributed by atoms with van der Waals surface area (Å²) >= 11 is 0. The highest BCUT2D eigenvalue weighted by atomic mass is 16.2. The van der Waals surface area contributed by atoms with Crippen LogP contribution in [0.4, 0.5) is 0 Å². The van der Waals surface area contributed by atoms with E-state index >= 15 is 0 Å². The summed E-state index contributed by atoms with van der Waals surface area (Å²) in [5.74, 6) is 0.165. The van der Waals surface area contributed by atoms with Crippen molar-refractivity contribution < 1.29 is 4.79 Å². The minimum atomic E-state index is -0.139. The Labute approximate surface area is 116 Å². The lowest BCUT2D eigenvalue weighted by molar-refractivity contribution is -0.132. The molecule has 0 saturated carbocycles. The molecule has 0 bridgehead atoms. The van der Waals surface area contributed by atoms with E-state index in [0.717, 1.165) is 13.1 Å². The predicted octanol–water partition coefficient (Wildman–Crippen LogP) is 2.55. The fourth-order valence-corrected chi connectivity index (χ4v) is 1.90. The van der Waals surface area contributed by atoms with Gasteiger partial charge in [-0.05, 0) is 26.3 Å². The van der Waals surface area contributed by atoms with Crippen molar-refractivity contribution in [3.8, 4) is 0 Å². The van der Waals surface area contributed by atoms with Gasteiger partial charge < -0.3 is 10.2 Å². The van der Waals surface area contributed by atoms with E-state index in [-0.39, 0.29) is 11.9 Å². The number of likely N-dealkylation sites (N-methyl/N-ethyl adjacent to an activating group) is 1. The van der Waals surface area contributed by atoms with Crippen molar-refractivity contribution in [2.24, 2.45) is 0 Å². The van der Waals surface area contributed by atoms with Gasteiger partial charge in [-0.3, -0.25) is 4.79 Å². The lowest BCUT2D eigenvalue weighted by Gasteiger charge is -2.23. The van der Waals surface area contributed by atoms with Crippen molar-refractivity contribution in [1.82, 2.24) is 10.2 Å². The van der Waals surface area contributed by atoms with E-state index in [4.69, 9.17) is 0 Å². The Bertz CT molecular complexity index is 396. The molecule has 0 heterocycles. The van der Waals surface area contributed by atoms with E-state index < -0.39 is 0 Å². The molecule has 0 spiro atoms. The third-order valence-corrected chi connectivity index (χ3v) is 3.10. The van der Waals surface area contributed by atoms with Gasteiger partial charge in [0, 0.05) is 19.6 Å². The van der Waals surface area contributed by atoms with Crippen molar-refractivity contribution in [2.45, 2.75) is 26.8 Å². The predicted molar refractivity (Wildman–Crippen MR) is 80.9 cm³/mol. The highest BCUT2D eigenvalue weighted by molar-refractivity contribution is 5.81. The molecule has 1 amide bonds. The molecule has 3 heteroatoms. The maximum Gasteiger partial charge on any atom is 0.239 e. The monoisotopic (exact) mass is 260 g/mol. The largest absolute Gasteiger partial charge is 0.342 e. The molecule has 1 N–H and O–H groups in total. The van der Waals surface area contributed by atoms with Crippen molar-refractivity contribution in [1.29, 1.82) is 0 Å². The summed E-state index contributed by atoms with van der Waals surface area (Å²) in [6.45, 7) is 8.15. The third kappa shape index (κ3) is 5.26. The number of nitrogens with one attached hydrogen (secondary N) is 1. The molecule has 19 heavy (non-hydrogen) atoms. The molecule has 1 aromatic carbocycles. The first-order valence-electron chi connectivity index (χ1n) is 6.92. The highest BCUT2D eigenvalue weighted by Crippen LogP contribution is 2.00. The number of benzene rings is 1. The number of nitrogens with zero attached hydrogens (tertiary/aromatic N) is 1. The van der Waals surface area contributed by atoms with E-state index in [2.05, 4.69) is 23.5 Å². The molecular formula is C16H24N2O. The maximum atomic E-state index is 12.0. The molecule has 0 aromatic heterocycles. The van der Waals surface area contributed by atoms with Gasteiger partial charge in [0.1, 0.15) is 0 Å². The molecule has 104 valence electrons. The third-order valence-electron chi connectivity index (χ3n) is 3.10. The summed E-state index contributed by atoms with van der Waals surface area (Å²) in [6, 6.07) is 10.0. The van der Waals surface area contributed by atoms with E-state index in [0.29, 0.717) is 6.54 Å². The van der Waals surface area contributed by atoms with Crippen LogP contribution in [-0.4, -0.2) is 36.5 Å². The van der Waals surface area contributed by atoms with Gasteiger partial charge >= 0.3 is 0 Å². The van der Waals surface area contributed by atoms with Crippen LogP contribution >= 0.6 is 0 Å². The minimum absolute atomic E-state index is 0.139. The summed E-state index contributed by atoms with van der Waals surface area (Å²) in [4.78, 5) is 13.9. The van der Waals surface area contributed by atoms with Crippen LogP contribution in [0, 0.1) is 0 Å². The van der Waals surface area contributed by atoms with Crippen LogP contribution in [0.15, 0.2) is 36.4 Å². The molecule has 1 rings (SSSR count). The van der Waals surface area contributed by atoms with E-state index in [1.165, 1.54) is 5.56 Å². The van der Waals surface area contributed by atoms with E-state index in [1.54, 1.807) is 0 Å². The smallest absolute Gasteiger partial charge is 0.239 e. The SMILES string of the molecule is CCN(CC)C(=O)C(C)NC/C=C/c1ccccc1. The molecular weight excluding hydrogens is 236 g/mol. The quantitative estimate of drug-likeness (QED) is 0.817. The fraction of sp³-hybridized carbons (Fsp3) is 0.438. The Hall–Kier alpha value is -1.61. The number of hydrogen-bond donors (Lipinski definition) is 1. The van der Waals surface area contributed by atoms with Crippen LogP contribution in [0.2, 0.25) is 0 Å². The zero-order chi connectivity index (χ0) is 14.1. The molecule has 0 radical (unpaired) electrons. The van der Waals surface area contributed by atoms with Gasteiger partial charge in [0.05, 0.1) is 6.04 Å². The number of rotatable bonds is 7. The van der Waals surface area contributed by atoms with Crippen LogP contribution in [0.5, 0.6) is 0 Å².